The maximum absolute atomic E-state index is 11.4. The molecule has 3 atom stereocenters. The van der Waals surface area contributed by atoms with Crippen LogP contribution in [-0.4, -0.2) is 66.2 Å². The average molecular weight is 285 g/mol. The standard InChI is InChI=1S/C15H31N3O2/c1-5-18(12(2)11-17(3)4)10-8-13-7-6-9-15(13,16)14(19)20/h12-13H,5-11,16H2,1-4H3,(H,19,20). The summed E-state index contributed by atoms with van der Waals surface area (Å²) in [6.07, 6.45) is 3.38. The van der Waals surface area contributed by atoms with E-state index in [4.69, 9.17) is 5.73 Å². The fourth-order valence-electron chi connectivity index (χ4n) is 3.44. The van der Waals surface area contributed by atoms with E-state index >= 15 is 0 Å². The summed E-state index contributed by atoms with van der Waals surface area (Å²) in [5, 5.41) is 9.35. The number of carbonyl (C=O) groups is 1. The number of rotatable bonds is 8. The summed E-state index contributed by atoms with van der Waals surface area (Å²) in [5.74, 6) is -0.718. The van der Waals surface area contributed by atoms with Crippen molar-refractivity contribution in [1.82, 2.24) is 9.80 Å². The molecule has 0 aromatic rings. The van der Waals surface area contributed by atoms with E-state index in [2.05, 4.69) is 37.7 Å². The quantitative estimate of drug-likeness (QED) is 0.702. The van der Waals surface area contributed by atoms with Gasteiger partial charge in [-0.25, -0.2) is 0 Å². The SMILES string of the molecule is CCN(CCC1CCCC1(N)C(=O)O)C(C)CN(C)C. The number of carboxylic acids is 1. The van der Waals surface area contributed by atoms with E-state index in [-0.39, 0.29) is 5.92 Å². The van der Waals surface area contributed by atoms with E-state index in [9.17, 15) is 9.90 Å². The lowest BCUT2D eigenvalue weighted by atomic mass is 9.85. The van der Waals surface area contributed by atoms with Crippen molar-refractivity contribution in [2.45, 2.75) is 51.1 Å². The van der Waals surface area contributed by atoms with Crippen molar-refractivity contribution in [3.05, 3.63) is 0 Å². The normalized spacial score (nSPS) is 28.2. The molecule has 1 aliphatic rings. The average Bonchev–Trinajstić information content (AvgIpc) is 2.72. The third kappa shape index (κ3) is 4.17. The Morgan fingerprint density at radius 3 is 2.65 bits per heavy atom. The topological polar surface area (TPSA) is 69.8 Å². The lowest BCUT2D eigenvalue weighted by molar-refractivity contribution is -0.144. The Morgan fingerprint density at radius 2 is 2.15 bits per heavy atom. The Morgan fingerprint density at radius 1 is 1.50 bits per heavy atom. The van der Waals surface area contributed by atoms with Crippen molar-refractivity contribution in [3.8, 4) is 0 Å². The molecule has 0 radical (unpaired) electrons. The zero-order chi connectivity index (χ0) is 15.3. The number of hydrogen-bond donors (Lipinski definition) is 2. The summed E-state index contributed by atoms with van der Waals surface area (Å²) >= 11 is 0. The zero-order valence-corrected chi connectivity index (χ0v) is 13.4. The summed E-state index contributed by atoms with van der Waals surface area (Å²) in [6, 6.07) is 0.480. The molecule has 3 unspecified atom stereocenters. The van der Waals surface area contributed by atoms with E-state index in [1.54, 1.807) is 0 Å². The molecule has 118 valence electrons. The number of nitrogens with zero attached hydrogens (tertiary/aromatic N) is 2. The third-order valence-electron chi connectivity index (χ3n) is 4.69. The lowest BCUT2D eigenvalue weighted by Crippen LogP contribution is -2.52. The van der Waals surface area contributed by atoms with Gasteiger partial charge < -0.3 is 15.7 Å². The number of carboxylic acid groups (broad SMARTS) is 1. The van der Waals surface area contributed by atoms with Gasteiger partial charge in [-0.3, -0.25) is 9.69 Å². The van der Waals surface area contributed by atoms with Gasteiger partial charge in [-0.1, -0.05) is 13.3 Å². The van der Waals surface area contributed by atoms with Crippen LogP contribution in [0.2, 0.25) is 0 Å². The van der Waals surface area contributed by atoms with Crippen molar-refractivity contribution in [2.75, 3.05) is 33.7 Å². The summed E-state index contributed by atoms with van der Waals surface area (Å²) in [4.78, 5) is 16.0. The van der Waals surface area contributed by atoms with E-state index in [0.717, 1.165) is 38.9 Å². The molecule has 0 spiro atoms. The Hall–Kier alpha value is -0.650. The smallest absolute Gasteiger partial charge is 0.323 e. The van der Waals surface area contributed by atoms with E-state index in [1.807, 2.05) is 0 Å². The summed E-state index contributed by atoms with van der Waals surface area (Å²) in [7, 11) is 4.16. The molecule has 3 N–H and O–H groups in total. The second-order valence-corrected chi connectivity index (χ2v) is 6.46. The Labute approximate surface area is 123 Å². The fraction of sp³-hybridized carbons (Fsp3) is 0.933. The van der Waals surface area contributed by atoms with Crippen LogP contribution < -0.4 is 5.73 Å². The molecule has 5 heteroatoms. The summed E-state index contributed by atoms with van der Waals surface area (Å²) < 4.78 is 0. The van der Waals surface area contributed by atoms with Gasteiger partial charge in [-0.15, -0.1) is 0 Å². The van der Waals surface area contributed by atoms with Crippen molar-refractivity contribution in [3.63, 3.8) is 0 Å². The molecule has 1 saturated carbocycles. The number of likely N-dealkylation sites (N-methyl/N-ethyl adjacent to an activating group) is 2. The van der Waals surface area contributed by atoms with Gasteiger partial charge in [0.05, 0.1) is 0 Å². The Balaban J connectivity index is 2.54. The van der Waals surface area contributed by atoms with E-state index < -0.39 is 11.5 Å². The zero-order valence-electron chi connectivity index (χ0n) is 13.4. The number of aliphatic carboxylic acids is 1. The summed E-state index contributed by atoms with van der Waals surface area (Å²) in [6.45, 7) is 7.33. The van der Waals surface area contributed by atoms with Crippen LogP contribution in [-0.2, 0) is 4.79 Å². The van der Waals surface area contributed by atoms with Gasteiger partial charge in [0.2, 0.25) is 0 Å². The van der Waals surface area contributed by atoms with E-state index in [1.165, 1.54) is 0 Å². The van der Waals surface area contributed by atoms with E-state index in [0.29, 0.717) is 12.5 Å². The minimum atomic E-state index is -0.996. The molecular weight excluding hydrogens is 254 g/mol. The van der Waals surface area contributed by atoms with Crippen LogP contribution in [0.4, 0.5) is 0 Å². The minimum Gasteiger partial charge on any atom is -0.480 e. The lowest BCUT2D eigenvalue weighted by Gasteiger charge is -2.33. The van der Waals surface area contributed by atoms with Gasteiger partial charge in [-0.2, -0.15) is 0 Å². The molecule has 0 bridgehead atoms. The molecule has 0 aliphatic heterocycles. The second kappa shape index (κ2) is 7.38. The predicted molar refractivity (Wildman–Crippen MR) is 81.8 cm³/mol. The van der Waals surface area contributed by atoms with Gasteiger partial charge in [0.1, 0.15) is 5.54 Å². The molecule has 0 amide bonds. The summed E-state index contributed by atoms with van der Waals surface area (Å²) in [5.41, 5.74) is 5.11. The van der Waals surface area contributed by atoms with Gasteiger partial charge in [0, 0.05) is 12.6 Å². The van der Waals surface area contributed by atoms with Gasteiger partial charge in [-0.05, 0) is 59.3 Å². The Kier molecular flexibility index (Phi) is 6.43. The molecule has 0 aromatic heterocycles. The molecule has 1 fully saturated rings. The first-order chi connectivity index (χ1) is 9.31. The maximum atomic E-state index is 11.4. The van der Waals surface area contributed by atoms with Crippen LogP contribution in [0.1, 0.15) is 39.5 Å². The van der Waals surface area contributed by atoms with Crippen molar-refractivity contribution in [1.29, 1.82) is 0 Å². The van der Waals surface area contributed by atoms with Crippen molar-refractivity contribution >= 4 is 5.97 Å². The van der Waals surface area contributed by atoms with Crippen LogP contribution in [0.5, 0.6) is 0 Å². The van der Waals surface area contributed by atoms with Crippen LogP contribution >= 0.6 is 0 Å². The van der Waals surface area contributed by atoms with Crippen LogP contribution in [0.3, 0.4) is 0 Å². The highest BCUT2D eigenvalue weighted by atomic mass is 16.4. The molecule has 0 heterocycles. The monoisotopic (exact) mass is 285 g/mol. The largest absolute Gasteiger partial charge is 0.480 e. The molecule has 1 rings (SSSR count). The first-order valence-electron chi connectivity index (χ1n) is 7.72. The highest BCUT2D eigenvalue weighted by Crippen LogP contribution is 2.36. The van der Waals surface area contributed by atoms with Crippen LogP contribution in [0.15, 0.2) is 0 Å². The number of nitrogens with two attached hydrogens (primary N) is 1. The molecule has 0 saturated heterocycles. The van der Waals surface area contributed by atoms with Gasteiger partial charge in [0.15, 0.2) is 0 Å². The third-order valence-corrected chi connectivity index (χ3v) is 4.69. The number of hydrogen-bond acceptors (Lipinski definition) is 4. The molecule has 20 heavy (non-hydrogen) atoms. The highest BCUT2D eigenvalue weighted by Gasteiger charge is 2.45. The minimum absolute atomic E-state index is 0.112. The fourth-order valence-corrected chi connectivity index (χ4v) is 3.44. The van der Waals surface area contributed by atoms with Gasteiger partial charge in [0.25, 0.3) is 0 Å². The van der Waals surface area contributed by atoms with Crippen molar-refractivity contribution in [2.24, 2.45) is 11.7 Å². The molecule has 5 nitrogen and oxygen atoms in total. The Bertz CT molecular complexity index is 322. The highest BCUT2D eigenvalue weighted by molar-refractivity contribution is 5.79. The second-order valence-electron chi connectivity index (χ2n) is 6.46. The van der Waals surface area contributed by atoms with Gasteiger partial charge >= 0.3 is 5.97 Å². The first kappa shape index (κ1) is 17.4. The van der Waals surface area contributed by atoms with Crippen LogP contribution in [0, 0.1) is 5.92 Å². The predicted octanol–water partition coefficient (Wildman–Crippen LogP) is 1.23. The maximum Gasteiger partial charge on any atom is 0.323 e. The first-order valence-corrected chi connectivity index (χ1v) is 7.72. The molecular formula is C15H31N3O2. The van der Waals surface area contributed by atoms with Crippen molar-refractivity contribution < 1.29 is 9.90 Å². The molecule has 1 aliphatic carbocycles. The van der Waals surface area contributed by atoms with Crippen LogP contribution in [0.25, 0.3) is 0 Å². The molecule has 0 aromatic carbocycles.